The smallest absolute Gasteiger partial charge is 0.228 e. The molecule has 1 aromatic carbocycles. The SMILES string of the molecule is CC(=O)c1ccc(N2CCN(S(=O)c3cc4c(cc3Cl)NC(=O)C4)CC2)nn1. The summed E-state index contributed by atoms with van der Waals surface area (Å²) in [5.74, 6) is 0.484. The molecule has 28 heavy (non-hydrogen) atoms. The molecule has 1 amide bonds. The minimum Gasteiger partial charge on any atom is -0.352 e. The van der Waals surface area contributed by atoms with Crippen LogP contribution in [0, 0.1) is 0 Å². The first-order valence-corrected chi connectivity index (χ1v) is 10.3. The molecule has 1 fully saturated rings. The van der Waals surface area contributed by atoms with Crippen LogP contribution >= 0.6 is 11.6 Å². The summed E-state index contributed by atoms with van der Waals surface area (Å²) in [6, 6.07) is 6.86. The van der Waals surface area contributed by atoms with Crippen molar-refractivity contribution in [2.45, 2.75) is 18.2 Å². The molecular weight excluding hydrogens is 402 g/mol. The van der Waals surface area contributed by atoms with Crippen molar-refractivity contribution in [3.05, 3.63) is 40.5 Å². The second kappa shape index (κ2) is 7.57. The van der Waals surface area contributed by atoms with Crippen LogP contribution in [0.15, 0.2) is 29.2 Å². The van der Waals surface area contributed by atoms with E-state index in [0.29, 0.717) is 53.3 Å². The van der Waals surface area contributed by atoms with Gasteiger partial charge in [0, 0.05) is 38.8 Å². The van der Waals surface area contributed by atoms with Crippen molar-refractivity contribution >= 4 is 45.8 Å². The first-order chi connectivity index (χ1) is 13.4. The monoisotopic (exact) mass is 419 g/mol. The highest BCUT2D eigenvalue weighted by molar-refractivity contribution is 7.82. The zero-order chi connectivity index (χ0) is 19.8. The zero-order valence-electron chi connectivity index (χ0n) is 15.1. The Hall–Kier alpha value is -2.36. The van der Waals surface area contributed by atoms with Crippen LogP contribution in [0.2, 0.25) is 5.02 Å². The fourth-order valence-electron chi connectivity index (χ4n) is 3.26. The van der Waals surface area contributed by atoms with Gasteiger partial charge in [-0.15, -0.1) is 10.2 Å². The van der Waals surface area contributed by atoms with Crippen LogP contribution in [0.25, 0.3) is 0 Å². The predicted octanol–water partition coefficient (Wildman–Crippen LogP) is 1.67. The molecule has 1 unspecified atom stereocenters. The maximum Gasteiger partial charge on any atom is 0.228 e. The van der Waals surface area contributed by atoms with Crippen molar-refractivity contribution < 1.29 is 13.8 Å². The van der Waals surface area contributed by atoms with E-state index in [9.17, 15) is 13.8 Å². The number of hydrogen-bond donors (Lipinski definition) is 1. The number of piperazine rings is 1. The largest absolute Gasteiger partial charge is 0.352 e. The molecule has 146 valence electrons. The number of carbonyl (C=O) groups excluding carboxylic acids is 2. The molecule has 0 spiro atoms. The van der Waals surface area contributed by atoms with Gasteiger partial charge >= 0.3 is 0 Å². The van der Waals surface area contributed by atoms with Gasteiger partial charge in [0.2, 0.25) is 5.91 Å². The molecule has 0 aliphatic carbocycles. The molecule has 1 aromatic heterocycles. The van der Waals surface area contributed by atoms with Crippen LogP contribution in [0.5, 0.6) is 0 Å². The van der Waals surface area contributed by atoms with Crippen molar-refractivity contribution in [1.82, 2.24) is 14.5 Å². The summed E-state index contributed by atoms with van der Waals surface area (Å²) in [6.07, 6.45) is 0.277. The Labute approximate surface area is 169 Å². The molecule has 2 aromatic rings. The quantitative estimate of drug-likeness (QED) is 0.757. The third kappa shape index (κ3) is 3.65. The van der Waals surface area contributed by atoms with Crippen molar-refractivity contribution in [2.75, 3.05) is 36.4 Å². The lowest BCUT2D eigenvalue weighted by molar-refractivity contribution is -0.115. The number of ketones is 1. The highest BCUT2D eigenvalue weighted by Crippen LogP contribution is 2.32. The van der Waals surface area contributed by atoms with Crippen LogP contribution in [0.3, 0.4) is 0 Å². The normalized spacial score (nSPS) is 17.9. The first-order valence-electron chi connectivity index (χ1n) is 8.81. The van der Waals surface area contributed by atoms with Gasteiger partial charge in [-0.25, -0.2) is 8.51 Å². The number of nitrogens with zero attached hydrogens (tertiary/aromatic N) is 4. The van der Waals surface area contributed by atoms with Crippen LogP contribution in [0.4, 0.5) is 11.5 Å². The number of rotatable bonds is 4. The summed E-state index contributed by atoms with van der Waals surface area (Å²) >= 11 is 6.31. The Morgan fingerprint density at radius 1 is 1.18 bits per heavy atom. The molecule has 2 aliphatic heterocycles. The molecule has 2 aliphatic rings. The van der Waals surface area contributed by atoms with Gasteiger partial charge in [-0.3, -0.25) is 9.59 Å². The van der Waals surface area contributed by atoms with Crippen LogP contribution in [-0.4, -0.2) is 56.6 Å². The predicted molar refractivity (Wildman–Crippen MR) is 106 cm³/mol. The molecule has 0 bridgehead atoms. The molecule has 4 rings (SSSR count). The fourth-order valence-corrected chi connectivity index (χ4v) is 4.87. The number of amides is 1. The number of carbonyl (C=O) groups is 2. The van der Waals surface area contributed by atoms with E-state index in [0.717, 1.165) is 5.56 Å². The highest BCUT2D eigenvalue weighted by Gasteiger charge is 2.27. The van der Waals surface area contributed by atoms with Gasteiger partial charge in [0.1, 0.15) is 16.7 Å². The number of fused-ring (bicyclic) bond motifs is 1. The molecule has 8 nitrogen and oxygen atoms in total. The van der Waals surface area contributed by atoms with Gasteiger partial charge in [0.25, 0.3) is 0 Å². The van der Waals surface area contributed by atoms with Crippen molar-refractivity contribution in [1.29, 1.82) is 0 Å². The van der Waals surface area contributed by atoms with Gasteiger partial charge in [0.05, 0.1) is 16.3 Å². The van der Waals surface area contributed by atoms with E-state index < -0.39 is 11.0 Å². The standard InChI is InChI=1S/C18H18ClN5O3S/c1-11(25)14-2-3-17(22-21-14)23-4-6-24(7-5-23)28(27)16-8-12-9-18(26)20-15(12)10-13(16)19/h2-3,8,10H,4-7,9H2,1H3,(H,20,26). The zero-order valence-corrected chi connectivity index (χ0v) is 16.7. The van der Waals surface area contributed by atoms with E-state index in [-0.39, 0.29) is 18.1 Å². The molecule has 10 heteroatoms. The summed E-state index contributed by atoms with van der Waals surface area (Å²) < 4.78 is 14.9. The van der Waals surface area contributed by atoms with Gasteiger partial charge in [-0.2, -0.15) is 0 Å². The molecule has 3 heterocycles. The maximum absolute atomic E-state index is 13.0. The van der Waals surface area contributed by atoms with E-state index in [2.05, 4.69) is 15.5 Å². The Balaban J connectivity index is 1.44. The van der Waals surface area contributed by atoms with Crippen LogP contribution in [-0.2, 0) is 22.2 Å². The van der Waals surface area contributed by atoms with Crippen molar-refractivity contribution in [2.24, 2.45) is 0 Å². The maximum atomic E-state index is 13.0. The average molecular weight is 420 g/mol. The number of anilines is 2. The van der Waals surface area contributed by atoms with Crippen molar-refractivity contribution in [3.63, 3.8) is 0 Å². The highest BCUT2D eigenvalue weighted by atomic mass is 35.5. The van der Waals surface area contributed by atoms with Crippen LogP contribution in [0.1, 0.15) is 23.0 Å². The van der Waals surface area contributed by atoms with Crippen LogP contribution < -0.4 is 10.2 Å². The van der Waals surface area contributed by atoms with Gasteiger partial charge in [-0.05, 0) is 29.8 Å². The number of Topliss-reactive ketones (excluding diaryl/α,β-unsaturated/α-hetero) is 1. The molecule has 1 saturated heterocycles. The average Bonchev–Trinajstić information content (AvgIpc) is 3.06. The lowest BCUT2D eigenvalue weighted by atomic mass is 10.2. The second-order valence-electron chi connectivity index (χ2n) is 6.66. The lowest BCUT2D eigenvalue weighted by Gasteiger charge is -2.34. The molecular formula is C18H18ClN5O3S. The third-order valence-corrected chi connectivity index (χ3v) is 6.75. The van der Waals surface area contributed by atoms with Gasteiger partial charge < -0.3 is 10.2 Å². The summed E-state index contributed by atoms with van der Waals surface area (Å²) in [4.78, 5) is 25.4. The Morgan fingerprint density at radius 2 is 1.93 bits per heavy atom. The first kappa shape index (κ1) is 19.0. The molecule has 1 N–H and O–H groups in total. The van der Waals surface area contributed by atoms with E-state index in [1.54, 1.807) is 24.3 Å². The van der Waals surface area contributed by atoms with E-state index in [1.165, 1.54) is 6.92 Å². The fraction of sp³-hybridized carbons (Fsp3) is 0.333. The van der Waals surface area contributed by atoms with Gasteiger partial charge in [0.15, 0.2) is 11.6 Å². The minimum atomic E-state index is -1.41. The second-order valence-corrected chi connectivity index (χ2v) is 8.52. The molecule has 0 saturated carbocycles. The third-order valence-electron chi connectivity index (χ3n) is 4.78. The summed E-state index contributed by atoms with van der Waals surface area (Å²) in [5.41, 5.74) is 1.84. The summed E-state index contributed by atoms with van der Waals surface area (Å²) in [6.45, 7) is 3.83. The Morgan fingerprint density at radius 3 is 2.57 bits per heavy atom. The number of aromatic nitrogens is 2. The summed E-state index contributed by atoms with van der Waals surface area (Å²) in [5, 5.41) is 11.2. The topological polar surface area (TPSA) is 95.5 Å². The van der Waals surface area contributed by atoms with E-state index in [1.807, 2.05) is 9.21 Å². The number of hydrogen-bond acceptors (Lipinski definition) is 6. The van der Waals surface area contributed by atoms with E-state index >= 15 is 0 Å². The van der Waals surface area contributed by atoms with E-state index in [4.69, 9.17) is 11.6 Å². The Kier molecular flexibility index (Phi) is 5.13. The number of benzene rings is 1. The molecule has 1 atom stereocenters. The number of nitrogens with one attached hydrogen (secondary N) is 1. The summed E-state index contributed by atoms with van der Waals surface area (Å²) in [7, 11) is -1.41. The minimum absolute atomic E-state index is 0.0838. The lowest BCUT2D eigenvalue weighted by Crippen LogP contribution is -2.47. The van der Waals surface area contributed by atoms with Gasteiger partial charge in [-0.1, -0.05) is 11.6 Å². The van der Waals surface area contributed by atoms with Crippen molar-refractivity contribution in [3.8, 4) is 0 Å². The Bertz CT molecular complexity index is 974. The number of halogens is 1. The molecule has 0 radical (unpaired) electrons.